The molecule has 0 spiro atoms. The molecule has 5 nitrogen and oxygen atoms in total. The zero-order valence-corrected chi connectivity index (χ0v) is 40.3. The Hall–Kier alpha value is -3.44. The van der Waals surface area contributed by atoms with E-state index in [-0.39, 0.29) is 25.2 Å². The van der Waals surface area contributed by atoms with E-state index in [0.29, 0.717) is 19.4 Å². The molecule has 0 aromatic carbocycles. The molecule has 0 N–H and O–H groups in total. The van der Waals surface area contributed by atoms with E-state index in [1.54, 1.807) is 0 Å². The van der Waals surface area contributed by atoms with E-state index >= 15 is 0 Å². The topological polar surface area (TPSA) is 61.8 Å². The van der Waals surface area contributed by atoms with E-state index in [1.807, 2.05) is 0 Å². The molecule has 0 rings (SSSR count). The standard InChI is InChI=1S/C57H94O5/c1-4-7-10-13-16-19-22-25-27-29-30-33-35-38-41-44-47-50-56(58)61-54-55(62-57(59)51-48-45-42-39-36-32-24-21-18-15-12-9-6-3)53-60-52-49-46-43-40-37-34-31-28-26-23-20-17-14-11-8-5-2/h7,10,12,15-17,19-21,24-28,30,33,38,41,55H,4-6,8-9,11,13-14,18,22-23,29,31-32,34-37,39-40,42-54H2,1-3H3/b10-7-,15-12-,19-16-,20-17-,24-21-,27-25-,28-26-,33-30-,41-38-. The minimum atomic E-state index is -0.578. The summed E-state index contributed by atoms with van der Waals surface area (Å²) in [7, 11) is 0. The number of carbonyl (C=O) groups excluding carboxylic acids is 2. The van der Waals surface area contributed by atoms with Gasteiger partial charge in [0.2, 0.25) is 0 Å². The molecule has 0 bridgehead atoms. The van der Waals surface area contributed by atoms with E-state index in [0.717, 1.165) is 109 Å². The quantitative estimate of drug-likeness (QED) is 0.0347. The molecular formula is C57H94O5. The lowest BCUT2D eigenvalue weighted by atomic mass is 10.1. The van der Waals surface area contributed by atoms with Crippen LogP contribution in [0.1, 0.15) is 213 Å². The third-order valence-electron chi connectivity index (χ3n) is 10.2. The van der Waals surface area contributed by atoms with E-state index in [9.17, 15) is 9.59 Å². The smallest absolute Gasteiger partial charge is 0.306 e. The Morgan fingerprint density at radius 3 is 1.27 bits per heavy atom. The van der Waals surface area contributed by atoms with Crippen molar-refractivity contribution in [2.45, 2.75) is 219 Å². The minimum Gasteiger partial charge on any atom is -0.462 e. The zero-order chi connectivity index (χ0) is 44.9. The van der Waals surface area contributed by atoms with Crippen molar-refractivity contribution >= 4 is 11.9 Å². The van der Waals surface area contributed by atoms with E-state index < -0.39 is 6.10 Å². The van der Waals surface area contributed by atoms with Gasteiger partial charge in [-0.25, -0.2) is 0 Å². The van der Waals surface area contributed by atoms with Gasteiger partial charge >= 0.3 is 11.9 Å². The van der Waals surface area contributed by atoms with Crippen molar-refractivity contribution in [3.8, 4) is 0 Å². The molecule has 352 valence electrons. The maximum atomic E-state index is 12.8. The predicted octanol–water partition coefficient (Wildman–Crippen LogP) is 17.2. The van der Waals surface area contributed by atoms with Crippen molar-refractivity contribution in [2.24, 2.45) is 0 Å². The number of unbranched alkanes of at least 4 members (excludes halogenated alkanes) is 16. The lowest BCUT2D eigenvalue weighted by Gasteiger charge is -2.18. The lowest BCUT2D eigenvalue weighted by Crippen LogP contribution is -2.30. The summed E-state index contributed by atoms with van der Waals surface area (Å²) in [6.07, 6.45) is 71.0. The number of hydrogen-bond donors (Lipinski definition) is 0. The Bertz CT molecular complexity index is 1250. The van der Waals surface area contributed by atoms with Crippen molar-refractivity contribution in [3.05, 3.63) is 109 Å². The molecule has 0 aliphatic carbocycles. The van der Waals surface area contributed by atoms with Crippen LogP contribution in [0.4, 0.5) is 0 Å². The Morgan fingerprint density at radius 1 is 0.371 bits per heavy atom. The molecule has 0 radical (unpaired) electrons. The van der Waals surface area contributed by atoms with Crippen molar-refractivity contribution < 1.29 is 23.8 Å². The van der Waals surface area contributed by atoms with Gasteiger partial charge in [-0.3, -0.25) is 9.59 Å². The highest BCUT2D eigenvalue weighted by atomic mass is 16.6. The highest BCUT2D eigenvalue weighted by Gasteiger charge is 2.17. The number of hydrogen-bond acceptors (Lipinski definition) is 5. The van der Waals surface area contributed by atoms with Crippen LogP contribution < -0.4 is 0 Å². The average molecular weight is 859 g/mol. The first kappa shape index (κ1) is 58.6. The summed E-state index contributed by atoms with van der Waals surface area (Å²) in [6, 6.07) is 0. The van der Waals surface area contributed by atoms with Crippen LogP contribution in [-0.4, -0.2) is 37.9 Å². The van der Waals surface area contributed by atoms with Gasteiger partial charge in [0.1, 0.15) is 6.61 Å². The average Bonchev–Trinajstić information content (AvgIpc) is 3.27. The largest absolute Gasteiger partial charge is 0.462 e. The van der Waals surface area contributed by atoms with Gasteiger partial charge in [-0.1, -0.05) is 194 Å². The number of rotatable bonds is 45. The summed E-state index contributed by atoms with van der Waals surface area (Å²) in [5.41, 5.74) is 0. The van der Waals surface area contributed by atoms with Gasteiger partial charge in [0, 0.05) is 19.4 Å². The SMILES string of the molecule is CC/C=C\C/C=C\C/C=C\C/C=C\C/C=C\CCCC(=O)OCC(COCCCCCCCC/C=C\C/C=C\CCCCC)OC(=O)CCCCCCC/C=C\C/C=C\CCC. The maximum Gasteiger partial charge on any atom is 0.306 e. The lowest BCUT2D eigenvalue weighted by molar-refractivity contribution is -0.163. The van der Waals surface area contributed by atoms with Crippen LogP contribution >= 0.6 is 0 Å². The molecule has 0 aliphatic rings. The van der Waals surface area contributed by atoms with Crippen LogP contribution in [0, 0.1) is 0 Å². The van der Waals surface area contributed by atoms with Crippen molar-refractivity contribution in [1.82, 2.24) is 0 Å². The van der Waals surface area contributed by atoms with Crippen molar-refractivity contribution in [2.75, 3.05) is 19.8 Å². The molecule has 0 aromatic heterocycles. The van der Waals surface area contributed by atoms with E-state index in [4.69, 9.17) is 14.2 Å². The first-order chi connectivity index (χ1) is 30.6. The third kappa shape index (κ3) is 49.2. The first-order valence-electron chi connectivity index (χ1n) is 25.4. The monoisotopic (exact) mass is 859 g/mol. The van der Waals surface area contributed by atoms with Crippen LogP contribution in [0.2, 0.25) is 0 Å². The molecular weight excluding hydrogens is 765 g/mol. The van der Waals surface area contributed by atoms with Gasteiger partial charge in [-0.05, 0) is 116 Å². The van der Waals surface area contributed by atoms with Gasteiger partial charge in [0.25, 0.3) is 0 Å². The molecule has 62 heavy (non-hydrogen) atoms. The fourth-order valence-corrected chi connectivity index (χ4v) is 6.49. The van der Waals surface area contributed by atoms with Crippen LogP contribution in [0.5, 0.6) is 0 Å². The summed E-state index contributed by atoms with van der Waals surface area (Å²) >= 11 is 0. The summed E-state index contributed by atoms with van der Waals surface area (Å²) in [5.74, 6) is -0.493. The van der Waals surface area contributed by atoms with Gasteiger partial charge in [-0.15, -0.1) is 0 Å². The molecule has 1 unspecified atom stereocenters. The molecule has 0 saturated heterocycles. The molecule has 5 heteroatoms. The van der Waals surface area contributed by atoms with Gasteiger partial charge in [0.15, 0.2) is 6.10 Å². The van der Waals surface area contributed by atoms with Crippen LogP contribution in [0.3, 0.4) is 0 Å². The normalized spacial score (nSPS) is 13.1. The minimum absolute atomic E-state index is 0.0395. The van der Waals surface area contributed by atoms with Gasteiger partial charge in [-0.2, -0.15) is 0 Å². The van der Waals surface area contributed by atoms with Crippen LogP contribution in [0.25, 0.3) is 0 Å². The van der Waals surface area contributed by atoms with E-state index in [1.165, 1.54) is 70.6 Å². The van der Waals surface area contributed by atoms with Crippen LogP contribution in [-0.2, 0) is 23.8 Å². The van der Waals surface area contributed by atoms with Gasteiger partial charge < -0.3 is 14.2 Å². The Kier molecular flexibility index (Phi) is 49.0. The number of esters is 2. The third-order valence-corrected chi connectivity index (χ3v) is 10.2. The van der Waals surface area contributed by atoms with Crippen molar-refractivity contribution in [3.63, 3.8) is 0 Å². The zero-order valence-electron chi connectivity index (χ0n) is 40.3. The predicted molar refractivity (Wildman–Crippen MR) is 269 cm³/mol. The van der Waals surface area contributed by atoms with Crippen molar-refractivity contribution in [1.29, 1.82) is 0 Å². The van der Waals surface area contributed by atoms with E-state index in [2.05, 4.69) is 130 Å². The second kappa shape index (κ2) is 51.9. The number of carbonyl (C=O) groups is 2. The summed E-state index contributed by atoms with van der Waals surface area (Å²) < 4.78 is 17.3. The van der Waals surface area contributed by atoms with Crippen LogP contribution in [0.15, 0.2) is 109 Å². The molecule has 0 aromatic rings. The molecule has 0 heterocycles. The molecule has 1 atom stereocenters. The highest BCUT2D eigenvalue weighted by Crippen LogP contribution is 2.12. The maximum absolute atomic E-state index is 12.8. The Balaban J connectivity index is 4.42. The Morgan fingerprint density at radius 2 is 0.774 bits per heavy atom. The number of ether oxygens (including phenoxy) is 3. The summed E-state index contributed by atoms with van der Waals surface area (Å²) in [5, 5.41) is 0. The fourth-order valence-electron chi connectivity index (χ4n) is 6.49. The molecule has 0 saturated carbocycles. The molecule has 0 amide bonds. The number of allylic oxidation sites excluding steroid dienone is 18. The first-order valence-corrected chi connectivity index (χ1v) is 25.4. The fraction of sp³-hybridized carbons (Fsp3) is 0.649. The Labute approximate surface area is 383 Å². The molecule has 0 fully saturated rings. The molecule has 0 aliphatic heterocycles. The van der Waals surface area contributed by atoms with Gasteiger partial charge in [0.05, 0.1) is 6.61 Å². The summed E-state index contributed by atoms with van der Waals surface area (Å²) in [4.78, 5) is 25.4. The second-order valence-electron chi connectivity index (χ2n) is 16.3. The highest BCUT2D eigenvalue weighted by molar-refractivity contribution is 5.70. The summed E-state index contributed by atoms with van der Waals surface area (Å²) in [6.45, 7) is 7.51. The second-order valence-corrected chi connectivity index (χ2v) is 16.3.